The normalized spacial score (nSPS) is 24.6. The lowest BCUT2D eigenvalue weighted by Gasteiger charge is -2.21. The van der Waals surface area contributed by atoms with Crippen LogP contribution in [-0.2, 0) is 9.53 Å². The fourth-order valence-corrected chi connectivity index (χ4v) is 0.923. The number of hydrogen-bond acceptors (Lipinski definition) is 3. The van der Waals surface area contributed by atoms with Gasteiger partial charge in [0.1, 0.15) is 0 Å². The lowest BCUT2D eigenvalue weighted by Crippen LogP contribution is -2.46. The monoisotopic (exact) mass is 159 g/mol. The second kappa shape index (κ2) is 3.59. The molecule has 11 heavy (non-hydrogen) atoms. The van der Waals surface area contributed by atoms with Gasteiger partial charge in [-0.25, -0.2) is 4.39 Å². The summed E-state index contributed by atoms with van der Waals surface area (Å²) in [5.41, 5.74) is 0. The summed E-state index contributed by atoms with van der Waals surface area (Å²) < 4.78 is 17.2. The molecule has 0 aromatic rings. The smallest absolute Gasteiger partial charge is 0.209 e. The van der Waals surface area contributed by atoms with Crippen LogP contribution >= 0.6 is 0 Å². The van der Waals surface area contributed by atoms with E-state index < -0.39 is 17.7 Å². The highest BCUT2D eigenvalue weighted by Crippen LogP contribution is 2.02. The number of carbonyl (C=O) groups is 1. The van der Waals surface area contributed by atoms with Gasteiger partial charge in [0.25, 0.3) is 0 Å². The summed E-state index contributed by atoms with van der Waals surface area (Å²) in [6.45, 7) is 4.32. The van der Waals surface area contributed by atoms with Crippen molar-refractivity contribution in [3.8, 4) is 0 Å². The summed E-state index contributed by atoms with van der Waals surface area (Å²) in [4.78, 5) is 10.9. The molecule has 0 aromatic carbocycles. The lowest BCUT2D eigenvalue weighted by atomic mass is 10.1. The molecule has 4 heteroatoms. The first-order valence-electron chi connectivity index (χ1n) is 3.41. The number of halogens is 1. The van der Waals surface area contributed by atoms with Crippen molar-refractivity contribution in [2.45, 2.75) is 6.04 Å². The van der Waals surface area contributed by atoms with E-state index in [0.717, 1.165) is 0 Å². The Morgan fingerprint density at radius 2 is 2.45 bits per heavy atom. The van der Waals surface area contributed by atoms with Crippen LogP contribution in [0.4, 0.5) is 4.39 Å². The van der Waals surface area contributed by atoms with Crippen molar-refractivity contribution < 1.29 is 13.9 Å². The molecule has 1 atom stereocenters. The number of ketones is 1. The number of hydrogen-bond donors (Lipinski definition) is 1. The standard InChI is InChI=1S/C7H10FNO2/c1-5(8)7(10)6-4-11-3-2-9-6/h6,9H,1-4H2. The van der Waals surface area contributed by atoms with E-state index in [9.17, 15) is 9.18 Å². The van der Waals surface area contributed by atoms with E-state index in [1.165, 1.54) is 0 Å². The highest BCUT2D eigenvalue weighted by atomic mass is 19.1. The summed E-state index contributed by atoms with van der Waals surface area (Å²) in [6.07, 6.45) is 0. The molecule has 0 aromatic heterocycles. The Labute approximate surface area is 64.2 Å². The molecule has 3 nitrogen and oxygen atoms in total. The van der Waals surface area contributed by atoms with Crippen LogP contribution in [0.5, 0.6) is 0 Å². The van der Waals surface area contributed by atoms with Gasteiger partial charge in [0.05, 0.1) is 19.3 Å². The largest absolute Gasteiger partial charge is 0.378 e. The first-order chi connectivity index (χ1) is 5.22. The van der Waals surface area contributed by atoms with Gasteiger partial charge in [-0.1, -0.05) is 6.58 Å². The van der Waals surface area contributed by atoms with E-state index in [2.05, 4.69) is 11.9 Å². The molecule has 0 bridgehead atoms. The second-order valence-corrected chi connectivity index (χ2v) is 2.35. The van der Waals surface area contributed by atoms with E-state index in [1.807, 2.05) is 0 Å². The average Bonchev–Trinajstić information content (AvgIpc) is 2.05. The molecule has 62 valence electrons. The molecule has 1 unspecified atom stereocenters. The lowest BCUT2D eigenvalue weighted by molar-refractivity contribution is -0.121. The van der Waals surface area contributed by atoms with Gasteiger partial charge in [0, 0.05) is 6.54 Å². The second-order valence-electron chi connectivity index (χ2n) is 2.35. The number of nitrogens with one attached hydrogen (secondary N) is 1. The topological polar surface area (TPSA) is 38.3 Å². The van der Waals surface area contributed by atoms with E-state index in [0.29, 0.717) is 13.2 Å². The minimum atomic E-state index is -0.909. The SMILES string of the molecule is C=C(F)C(=O)C1COCCN1. The molecule has 1 aliphatic heterocycles. The predicted molar refractivity (Wildman–Crippen MR) is 37.9 cm³/mol. The zero-order valence-corrected chi connectivity index (χ0v) is 6.10. The fourth-order valence-electron chi connectivity index (χ4n) is 0.923. The molecule has 0 saturated carbocycles. The van der Waals surface area contributed by atoms with E-state index in [-0.39, 0.29) is 6.61 Å². The molecule has 1 rings (SSSR count). The van der Waals surface area contributed by atoms with Gasteiger partial charge < -0.3 is 10.1 Å². The van der Waals surface area contributed by atoms with Gasteiger partial charge >= 0.3 is 0 Å². The van der Waals surface area contributed by atoms with Crippen LogP contribution in [0.2, 0.25) is 0 Å². The molecule has 1 fully saturated rings. The Morgan fingerprint density at radius 3 is 2.91 bits per heavy atom. The zero-order valence-electron chi connectivity index (χ0n) is 6.10. The van der Waals surface area contributed by atoms with Gasteiger partial charge in [-0.2, -0.15) is 0 Å². The number of Topliss-reactive ketones (excluding diaryl/α,β-unsaturated/α-hetero) is 1. The number of carbonyl (C=O) groups excluding carboxylic acids is 1. The van der Waals surface area contributed by atoms with Crippen molar-refractivity contribution >= 4 is 5.78 Å². The Morgan fingerprint density at radius 1 is 1.73 bits per heavy atom. The first-order valence-corrected chi connectivity index (χ1v) is 3.41. The number of rotatable bonds is 2. The zero-order chi connectivity index (χ0) is 8.27. The molecular formula is C7H10FNO2. The van der Waals surface area contributed by atoms with E-state index >= 15 is 0 Å². The van der Waals surface area contributed by atoms with Crippen molar-refractivity contribution in [2.75, 3.05) is 19.8 Å². The Balaban J connectivity index is 2.45. The highest BCUT2D eigenvalue weighted by molar-refractivity contribution is 5.97. The average molecular weight is 159 g/mol. The molecule has 0 spiro atoms. The van der Waals surface area contributed by atoms with Crippen LogP contribution in [0.3, 0.4) is 0 Å². The van der Waals surface area contributed by atoms with Gasteiger partial charge in [-0.05, 0) is 0 Å². The Hall–Kier alpha value is -0.740. The van der Waals surface area contributed by atoms with Crippen LogP contribution in [-0.4, -0.2) is 31.6 Å². The van der Waals surface area contributed by atoms with Gasteiger partial charge in [0.15, 0.2) is 5.83 Å². The van der Waals surface area contributed by atoms with Gasteiger partial charge in [0.2, 0.25) is 5.78 Å². The van der Waals surface area contributed by atoms with Crippen molar-refractivity contribution in [1.82, 2.24) is 5.32 Å². The van der Waals surface area contributed by atoms with Crippen LogP contribution < -0.4 is 5.32 Å². The minimum absolute atomic E-state index is 0.238. The molecule has 0 amide bonds. The maximum absolute atomic E-state index is 12.2. The van der Waals surface area contributed by atoms with Crippen LogP contribution in [0.15, 0.2) is 12.4 Å². The summed E-state index contributed by atoms with van der Waals surface area (Å²) in [5.74, 6) is -1.52. The van der Waals surface area contributed by atoms with Crippen LogP contribution in [0.25, 0.3) is 0 Å². The van der Waals surface area contributed by atoms with Crippen molar-refractivity contribution in [2.24, 2.45) is 0 Å². The molecule has 1 aliphatic rings. The maximum Gasteiger partial charge on any atom is 0.209 e. The third kappa shape index (κ3) is 2.10. The van der Waals surface area contributed by atoms with Crippen molar-refractivity contribution in [1.29, 1.82) is 0 Å². The van der Waals surface area contributed by atoms with Crippen LogP contribution in [0, 0.1) is 0 Å². The molecule has 1 saturated heterocycles. The Bertz CT molecular complexity index is 175. The molecule has 1 heterocycles. The third-order valence-electron chi connectivity index (χ3n) is 1.51. The Kier molecular flexibility index (Phi) is 2.73. The minimum Gasteiger partial charge on any atom is -0.378 e. The quantitative estimate of drug-likeness (QED) is 0.577. The van der Waals surface area contributed by atoms with E-state index in [1.54, 1.807) is 0 Å². The van der Waals surface area contributed by atoms with Crippen molar-refractivity contribution in [3.05, 3.63) is 12.4 Å². The summed E-state index contributed by atoms with van der Waals surface area (Å²) in [5, 5.41) is 2.82. The number of ether oxygens (including phenoxy) is 1. The number of morpholine rings is 1. The molecule has 0 radical (unpaired) electrons. The van der Waals surface area contributed by atoms with Crippen molar-refractivity contribution in [3.63, 3.8) is 0 Å². The third-order valence-corrected chi connectivity index (χ3v) is 1.51. The van der Waals surface area contributed by atoms with Crippen LogP contribution in [0.1, 0.15) is 0 Å². The van der Waals surface area contributed by atoms with E-state index in [4.69, 9.17) is 4.74 Å². The maximum atomic E-state index is 12.2. The molecule has 0 aliphatic carbocycles. The molecular weight excluding hydrogens is 149 g/mol. The van der Waals surface area contributed by atoms with Gasteiger partial charge in [-0.15, -0.1) is 0 Å². The first kappa shape index (κ1) is 8.36. The summed E-state index contributed by atoms with van der Waals surface area (Å²) in [6, 6.07) is -0.541. The fraction of sp³-hybridized carbons (Fsp3) is 0.571. The summed E-state index contributed by atoms with van der Waals surface area (Å²) in [7, 11) is 0. The predicted octanol–water partition coefficient (Wildman–Crippen LogP) is 0.0271. The van der Waals surface area contributed by atoms with Gasteiger partial charge in [-0.3, -0.25) is 4.79 Å². The summed E-state index contributed by atoms with van der Waals surface area (Å²) >= 11 is 0. The molecule has 1 N–H and O–H groups in total. The highest BCUT2D eigenvalue weighted by Gasteiger charge is 2.22.